The monoisotopic (exact) mass is 240 g/mol. The van der Waals surface area contributed by atoms with Crippen LogP contribution < -0.4 is 5.32 Å². The largest absolute Gasteiger partial charge is 0.311 e. The summed E-state index contributed by atoms with van der Waals surface area (Å²) in [7, 11) is 0. The first-order valence-electron chi connectivity index (χ1n) is 7.69. The first-order chi connectivity index (χ1) is 8.24. The summed E-state index contributed by atoms with van der Waals surface area (Å²) in [5, 5.41) is 3.63. The van der Waals surface area contributed by atoms with Crippen LogP contribution in [-0.4, -0.2) is 37.1 Å². The summed E-state index contributed by atoms with van der Waals surface area (Å²) >= 11 is 0. The second-order valence-corrected chi connectivity index (χ2v) is 5.87. The molecule has 0 aromatic heterocycles. The van der Waals surface area contributed by atoms with Crippen molar-refractivity contribution in [3.8, 4) is 0 Å². The number of hydrogen-bond donors (Lipinski definition) is 1. The molecule has 0 aromatic rings. The SMILES string of the molecule is CCCCCCCCN1CCNC(C(C)C)C1. The molecule has 1 aliphatic heterocycles. The molecule has 0 bridgehead atoms. The second-order valence-electron chi connectivity index (χ2n) is 5.87. The Hall–Kier alpha value is -0.0800. The Morgan fingerprint density at radius 1 is 1.12 bits per heavy atom. The van der Waals surface area contributed by atoms with Crippen LogP contribution in [0.25, 0.3) is 0 Å². The van der Waals surface area contributed by atoms with E-state index in [-0.39, 0.29) is 0 Å². The van der Waals surface area contributed by atoms with Gasteiger partial charge in [0.1, 0.15) is 0 Å². The van der Waals surface area contributed by atoms with Crippen LogP contribution in [0.3, 0.4) is 0 Å². The molecule has 0 aliphatic carbocycles. The summed E-state index contributed by atoms with van der Waals surface area (Å²) in [6.45, 7) is 11.9. The maximum atomic E-state index is 3.63. The topological polar surface area (TPSA) is 15.3 Å². The highest BCUT2D eigenvalue weighted by atomic mass is 15.2. The molecule has 2 nitrogen and oxygen atoms in total. The molecule has 1 saturated heterocycles. The van der Waals surface area contributed by atoms with E-state index in [1.54, 1.807) is 0 Å². The van der Waals surface area contributed by atoms with E-state index in [1.807, 2.05) is 0 Å². The molecule has 1 fully saturated rings. The van der Waals surface area contributed by atoms with Gasteiger partial charge in [0, 0.05) is 25.7 Å². The Kier molecular flexibility index (Phi) is 7.87. The molecule has 102 valence electrons. The highest BCUT2D eigenvalue weighted by Gasteiger charge is 2.20. The lowest BCUT2D eigenvalue weighted by Crippen LogP contribution is -2.52. The molecule has 1 heterocycles. The summed E-state index contributed by atoms with van der Waals surface area (Å²) in [4.78, 5) is 2.65. The number of hydrogen-bond acceptors (Lipinski definition) is 2. The summed E-state index contributed by atoms with van der Waals surface area (Å²) < 4.78 is 0. The second kappa shape index (κ2) is 8.93. The molecule has 2 heteroatoms. The predicted octanol–water partition coefficient (Wildman–Crippen LogP) is 3.28. The lowest BCUT2D eigenvalue weighted by Gasteiger charge is -2.35. The average Bonchev–Trinajstić information content (AvgIpc) is 2.34. The first-order valence-corrected chi connectivity index (χ1v) is 7.69. The van der Waals surface area contributed by atoms with Gasteiger partial charge in [0.15, 0.2) is 0 Å². The predicted molar refractivity (Wildman–Crippen MR) is 76.4 cm³/mol. The van der Waals surface area contributed by atoms with Crippen LogP contribution in [-0.2, 0) is 0 Å². The van der Waals surface area contributed by atoms with Gasteiger partial charge >= 0.3 is 0 Å². The quantitative estimate of drug-likeness (QED) is 0.655. The smallest absolute Gasteiger partial charge is 0.0218 e. The summed E-state index contributed by atoms with van der Waals surface area (Å²) in [5.74, 6) is 0.766. The standard InChI is InChI=1S/C15H32N2/c1-4-5-6-7-8-9-11-17-12-10-16-15(13-17)14(2)3/h14-16H,4-13H2,1-3H3. The van der Waals surface area contributed by atoms with E-state index in [0.29, 0.717) is 6.04 Å². The molecule has 1 atom stereocenters. The molecule has 1 unspecified atom stereocenters. The van der Waals surface area contributed by atoms with Crippen molar-refractivity contribution in [2.75, 3.05) is 26.2 Å². The lowest BCUT2D eigenvalue weighted by molar-refractivity contribution is 0.172. The highest BCUT2D eigenvalue weighted by Crippen LogP contribution is 2.10. The molecule has 0 saturated carbocycles. The third kappa shape index (κ3) is 6.42. The Balaban J connectivity index is 2.02. The number of nitrogens with zero attached hydrogens (tertiary/aromatic N) is 1. The van der Waals surface area contributed by atoms with Crippen LogP contribution in [0.5, 0.6) is 0 Å². The molecule has 0 radical (unpaired) electrons. The van der Waals surface area contributed by atoms with Gasteiger partial charge < -0.3 is 10.2 Å². The van der Waals surface area contributed by atoms with Crippen LogP contribution in [0.2, 0.25) is 0 Å². The van der Waals surface area contributed by atoms with Gasteiger partial charge in [-0.25, -0.2) is 0 Å². The van der Waals surface area contributed by atoms with Crippen molar-refractivity contribution < 1.29 is 0 Å². The summed E-state index contributed by atoms with van der Waals surface area (Å²) in [5.41, 5.74) is 0. The fraction of sp³-hybridized carbons (Fsp3) is 1.00. The van der Waals surface area contributed by atoms with Gasteiger partial charge in [-0.3, -0.25) is 0 Å². The van der Waals surface area contributed by atoms with Crippen LogP contribution in [0, 0.1) is 5.92 Å². The minimum Gasteiger partial charge on any atom is -0.311 e. The Morgan fingerprint density at radius 3 is 2.53 bits per heavy atom. The van der Waals surface area contributed by atoms with Crippen molar-refractivity contribution in [1.82, 2.24) is 10.2 Å². The van der Waals surface area contributed by atoms with E-state index >= 15 is 0 Å². The normalized spacial score (nSPS) is 22.2. The molecular formula is C15H32N2. The van der Waals surface area contributed by atoms with Crippen LogP contribution in [0.15, 0.2) is 0 Å². The number of unbranched alkanes of at least 4 members (excludes halogenated alkanes) is 5. The summed E-state index contributed by atoms with van der Waals surface area (Å²) in [6.07, 6.45) is 8.47. The summed E-state index contributed by atoms with van der Waals surface area (Å²) in [6, 6.07) is 0.712. The molecular weight excluding hydrogens is 208 g/mol. The Morgan fingerprint density at radius 2 is 1.82 bits per heavy atom. The first kappa shape index (κ1) is 15.0. The zero-order chi connectivity index (χ0) is 12.5. The van der Waals surface area contributed by atoms with Gasteiger partial charge in [-0.15, -0.1) is 0 Å². The van der Waals surface area contributed by atoms with Crippen molar-refractivity contribution >= 4 is 0 Å². The lowest BCUT2D eigenvalue weighted by atomic mass is 10.0. The maximum absolute atomic E-state index is 3.63. The highest BCUT2D eigenvalue weighted by molar-refractivity contribution is 4.80. The Labute approximate surface area is 108 Å². The van der Waals surface area contributed by atoms with E-state index in [1.165, 1.54) is 64.7 Å². The molecule has 1 rings (SSSR count). The third-order valence-corrected chi connectivity index (χ3v) is 3.92. The molecule has 0 amide bonds. The third-order valence-electron chi connectivity index (χ3n) is 3.92. The molecule has 0 aromatic carbocycles. The fourth-order valence-electron chi connectivity index (χ4n) is 2.61. The van der Waals surface area contributed by atoms with Gasteiger partial charge in [0.05, 0.1) is 0 Å². The average molecular weight is 240 g/mol. The molecule has 1 aliphatic rings. The van der Waals surface area contributed by atoms with E-state index < -0.39 is 0 Å². The number of rotatable bonds is 8. The zero-order valence-corrected chi connectivity index (χ0v) is 12.2. The Bertz CT molecular complexity index is 180. The zero-order valence-electron chi connectivity index (χ0n) is 12.2. The van der Waals surface area contributed by atoms with Crippen molar-refractivity contribution in [2.45, 2.75) is 65.3 Å². The maximum Gasteiger partial charge on any atom is 0.0218 e. The van der Waals surface area contributed by atoms with E-state index in [9.17, 15) is 0 Å². The molecule has 0 spiro atoms. The van der Waals surface area contributed by atoms with Crippen LogP contribution in [0.1, 0.15) is 59.3 Å². The van der Waals surface area contributed by atoms with E-state index in [2.05, 4.69) is 31.0 Å². The van der Waals surface area contributed by atoms with Crippen molar-refractivity contribution in [3.63, 3.8) is 0 Å². The molecule has 17 heavy (non-hydrogen) atoms. The van der Waals surface area contributed by atoms with Crippen molar-refractivity contribution in [1.29, 1.82) is 0 Å². The van der Waals surface area contributed by atoms with Gasteiger partial charge in [-0.2, -0.15) is 0 Å². The van der Waals surface area contributed by atoms with Crippen molar-refractivity contribution in [2.24, 2.45) is 5.92 Å². The van der Waals surface area contributed by atoms with Gasteiger partial charge in [-0.05, 0) is 18.9 Å². The van der Waals surface area contributed by atoms with Gasteiger partial charge in [0.2, 0.25) is 0 Å². The van der Waals surface area contributed by atoms with E-state index in [4.69, 9.17) is 0 Å². The number of nitrogens with one attached hydrogen (secondary N) is 1. The van der Waals surface area contributed by atoms with Gasteiger partial charge in [0.25, 0.3) is 0 Å². The van der Waals surface area contributed by atoms with E-state index in [0.717, 1.165) is 5.92 Å². The minimum atomic E-state index is 0.712. The number of piperazine rings is 1. The van der Waals surface area contributed by atoms with Crippen molar-refractivity contribution in [3.05, 3.63) is 0 Å². The van der Waals surface area contributed by atoms with Gasteiger partial charge in [-0.1, -0.05) is 52.9 Å². The fourth-order valence-corrected chi connectivity index (χ4v) is 2.61. The minimum absolute atomic E-state index is 0.712. The van der Waals surface area contributed by atoms with Crippen LogP contribution in [0.4, 0.5) is 0 Å². The van der Waals surface area contributed by atoms with Crippen LogP contribution >= 0.6 is 0 Å². The molecule has 1 N–H and O–H groups in total.